The zero-order chi connectivity index (χ0) is 22.9. The number of aryl methyl sites for hydroxylation is 1. The molecule has 2 heterocycles. The zero-order valence-electron chi connectivity index (χ0n) is 18.3. The van der Waals surface area contributed by atoms with Gasteiger partial charge in [0.2, 0.25) is 10.0 Å². The minimum Gasteiger partial charge on any atom is -0.367 e. The van der Waals surface area contributed by atoms with E-state index in [0.29, 0.717) is 17.8 Å². The number of nitrogens with one attached hydrogen (secondary N) is 2. The molecule has 0 atom stereocenters. The number of aromatic nitrogens is 2. The lowest BCUT2D eigenvalue weighted by Gasteiger charge is -2.15. The summed E-state index contributed by atoms with van der Waals surface area (Å²) in [4.78, 5) is 4.67. The molecule has 7 nitrogen and oxygen atoms in total. The fraction of sp³-hybridized carbons (Fsp3) is 0.250. The van der Waals surface area contributed by atoms with Gasteiger partial charge in [-0.25, -0.2) is 18.1 Å². The lowest BCUT2D eigenvalue weighted by Crippen LogP contribution is -2.31. The maximum absolute atomic E-state index is 12.5. The molecule has 2 aromatic carbocycles. The molecule has 0 saturated heterocycles. The topological polar surface area (TPSA) is 99.3 Å². The number of nitriles is 1. The number of nitrogens with zero attached hydrogens (tertiary/aromatic N) is 3. The second kappa shape index (κ2) is 8.61. The van der Waals surface area contributed by atoms with Crippen LogP contribution in [-0.2, 0) is 22.3 Å². The number of rotatable bonds is 7. The molecule has 164 valence electrons. The van der Waals surface area contributed by atoms with Crippen molar-refractivity contribution in [2.45, 2.75) is 39.1 Å². The number of fused-ring (bicyclic) bond motifs is 3. The van der Waals surface area contributed by atoms with Gasteiger partial charge in [-0.1, -0.05) is 36.4 Å². The van der Waals surface area contributed by atoms with Gasteiger partial charge in [-0.2, -0.15) is 5.26 Å². The van der Waals surface area contributed by atoms with E-state index in [4.69, 9.17) is 0 Å². The number of benzene rings is 2. The van der Waals surface area contributed by atoms with Gasteiger partial charge in [-0.15, -0.1) is 0 Å². The molecule has 2 aromatic heterocycles. The maximum Gasteiger partial charge on any atom is 0.216 e. The average molecular weight is 448 g/mol. The molecule has 0 aliphatic heterocycles. The smallest absolute Gasteiger partial charge is 0.216 e. The molecule has 0 bridgehead atoms. The van der Waals surface area contributed by atoms with Gasteiger partial charge in [-0.05, 0) is 55.7 Å². The highest BCUT2D eigenvalue weighted by Crippen LogP contribution is 2.27. The van der Waals surface area contributed by atoms with Gasteiger partial charge in [0, 0.05) is 12.6 Å². The highest BCUT2D eigenvalue weighted by Gasteiger charge is 2.17. The molecule has 4 aromatic rings. The number of sulfonamides is 1. The fourth-order valence-electron chi connectivity index (χ4n) is 3.89. The second-order valence-corrected chi connectivity index (χ2v) is 9.87. The van der Waals surface area contributed by atoms with Crippen LogP contribution in [0.3, 0.4) is 0 Å². The summed E-state index contributed by atoms with van der Waals surface area (Å²) in [5, 5.41) is 13.1. The predicted octanol–water partition coefficient (Wildman–Crippen LogP) is 4.11. The van der Waals surface area contributed by atoms with Crippen molar-refractivity contribution in [3.8, 4) is 6.07 Å². The van der Waals surface area contributed by atoms with Crippen LogP contribution >= 0.6 is 0 Å². The van der Waals surface area contributed by atoms with Crippen LogP contribution < -0.4 is 10.0 Å². The molecule has 0 fully saturated rings. The summed E-state index contributed by atoms with van der Waals surface area (Å²) in [6.45, 7) is 5.93. The lowest BCUT2D eigenvalue weighted by molar-refractivity contribution is 0.569. The average Bonchev–Trinajstić information content (AvgIpc) is 3.11. The van der Waals surface area contributed by atoms with E-state index in [2.05, 4.69) is 21.1 Å². The number of hydrogen-bond acceptors (Lipinski definition) is 5. The van der Waals surface area contributed by atoms with Gasteiger partial charge >= 0.3 is 0 Å². The van der Waals surface area contributed by atoms with Crippen molar-refractivity contribution in [1.29, 1.82) is 5.26 Å². The van der Waals surface area contributed by atoms with Crippen molar-refractivity contribution in [1.82, 2.24) is 14.1 Å². The number of pyridine rings is 1. The lowest BCUT2D eigenvalue weighted by atomic mass is 10.1. The molecule has 0 spiro atoms. The quantitative estimate of drug-likeness (QED) is 0.444. The largest absolute Gasteiger partial charge is 0.367 e. The Labute approximate surface area is 187 Å². The Morgan fingerprint density at radius 2 is 1.78 bits per heavy atom. The molecule has 32 heavy (non-hydrogen) atoms. The molecular formula is C24H25N5O2S. The molecule has 0 radical (unpaired) electrons. The van der Waals surface area contributed by atoms with Crippen LogP contribution in [-0.4, -0.2) is 23.8 Å². The van der Waals surface area contributed by atoms with E-state index in [1.165, 1.54) is 0 Å². The van der Waals surface area contributed by atoms with Crippen LogP contribution in [0.2, 0.25) is 0 Å². The summed E-state index contributed by atoms with van der Waals surface area (Å²) in [5.41, 5.74) is 5.31. The molecule has 0 amide bonds. The van der Waals surface area contributed by atoms with Gasteiger partial charge in [-0.3, -0.25) is 4.40 Å². The highest BCUT2D eigenvalue weighted by atomic mass is 32.2. The third-order valence-electron chi connectivity index (χ3n) is 5.22. The molecule has 0 unspecified atom stereocenters. The summed E-state index contributed by atoms with van der Waals surface area (Å²) in [6, 6.07) is 19.3. The SMILES string of the molecule is Cc1cc(NCc2ccccc2CS(=O)(=O)NC(C)C)n2c(nc3ccccc32)c1C#N. The number of anilines is 1. The van der Waals surface area contributed by atoms with Gasteiger partial charge < -0.3 is 5.32 Å². The Bertz CT molecular complexity index is 1450. The Hall–Kier alpha value is -3.41. The fourth-order valence-corrected chi connectivity index (χ4v) is 5.38. The van der Waals surface area contributed by atoms with Crippen LogP contribution in [0.1, 0.15) is 36.1 Å². The Balaban J connectivity index is 1.72. The van der Waals surface area contributed by atoms with E-state index in [9.17, 15) is 13.7 Å². The summed E-state index contributed by atoms with van der Waals surface area (Å²) in [6.07, 6.45) is 0. The van der Waals surface area contributed by atoms with Crippen LogP contribution in [0, 0.1) is 18.3 Å². The minimum atomic E-state index is -3.44. The third-order valence-corrected chi connectivity index (χ3v) is 6.75. The summed E-state index contributed by atoms with van der Waals surface area (Å²) in [5.74, 6) is 0.710. The van der Waals surface area contributed by atoms with E-state index in [1.54, 1.807) is 13.8 Å². The molecule has 4 rings (SSSR count). The number of hydrogen-bond donors (Lipinski definition) is 2. The maximum atomic E-state index is 12.5. The van der Waals surface area contributed by atoms with E-state index >= 15 is 0 Å². The van der Waals surface area contributed by atoms with Crippen LogP contribution in [0.4, 0.5) is 5.82 Å². The van der Waals surface area contributed by atoms with Crippen molar-refractivity contribution < 1.29 is 8.42 Å². The first-order valence-electron chi connectivity index (χ1n) is 10.4. The minimum absolute atomic E-state index is 0.0845. The molecule has 0 aliphatic rings. The van der Waals surface area contributed by atoms with Gasteiger partial charge in [0.05, 0.1) is 22.3 Å². The van der Waals surface area contributed by atoms with E-state index in [-0.39, 0.29) is 11.8 Å². The second-order valence-electron chi connectivity index (χ2n) is 8.11. The van der Waals surface area contributed by atoms with Gasteiger partial charge in [0.15, 0.2) is 5.65 Å². The Morgan fingerprint density at radius 3 is 2.50 bits per heavy atom. The van der Waals surface area contributed by atoms with Crippen molar-refractivity contribution in [2.75, 3.05) is 5.32 Å². The van der Waals surface area contributed by atoms with Crippen molar-refractivity contribution in [3.05, 3.63) is 76.9 Å². The van der Waals surface area contributed by atoms with Crippen LogP contribution in [0.5, 0.6) is 0 Å². The first kappa shape index (κ1) is 21.8. The molecule has 0 aliphatic carbocycles. The van der Waals surface area contributed by atoms with E-state index in [1.807, 2.05) is 65.9 Å². The zero-order valence-corrected chi connectivity index (χ0v) is 19.1. The summed E-state index contributed by atoms with van der Waals surface area (Å²) < 4.78 is 29.5. The number of para-hydroxylation sites is 2. The van der Waals surface area contributed by atoms with E-state index in [0.717, 1.165) is 33.5 Å². The Morgan fingerprint density at radius 1 is 1.09 bits per heavy atom. The molecule has 2 N–H and O–H groups in total. The van der Waals surface area contributed by atoms with Crippen molar-refractivity contribution >= 4 is 32.5 Å². The summed E-state index contributed by atoms with van der Waals surface area (Å²) in [7, 11) is -3.44. The predicted molar refractivity (Wildman–Crippen MR) is 127 cm³/mol. The van der Waals surface area contributed by atoms with Gasteiger partial charge in [0.1, 0.15) is 11.9 Å². The van der Waals surface area contributed by atoms with Crippen molar-refractivity contribution in [3.63, 3.8) is 0 Å². The van der Waals surface area contributed by atoms with Crippen LogP contribution in [0.15, 0.2) is 54.6 Å². The monoisotopic (exact) mass is 447 g/mol. The molecular weight excluding hydrogens is 422 g/mol. The van der Waals surface area contributed by atoms with Crippen LogP contribution in [0.25, 0.3) is 16.7 Å². The van der Waals surface area contributed by atoms with Gasteiger partial charge in [0.25, 0.3) is 0 Å². The number of imidazole rings is 1. The van der Waals surface area contributed by atoms with Crippen molar-refractivity contribution in [2.24, 2.45) is 0 Å². The molecule has 8 heteroatoms. The first-order valence-corrected chi connectivity index (χ1v) is 12.1. The van der Waals surface area contributed by atoms with E-state index < -0.39 is 10.0 Å². The first-order chi connectivity index (χ1) is 15.3. The highest BCUT2D eigenvalue weighted by molar-refractivity contribution is 7.88. The third kappa shape index (κ3) is 4.31. The summed E-state index contributed by atoms with van der Waals surface area (Å²) >= 11 is 0. The Kier molecular flexibility index (Phi) is 5.87. The normalized spacial score (nSPS) is 11.8. The molecule has 0 saturated carbocycles. The standard InChI is InChI=1S/C24H25N5O2S/c1-16(2)28-32(30,31)15-19-9-5-4-8-18(19)14-26-23-12-17(3)20(13-25)24-27-21-10-6-7-11-22(21)29(23)24/h4-12,16,26,28H,14-15H2,1-3H3.